The number of amides is 2. The average molecular weight is 389 g/mol. The van der Waals surface area contributed by atoms with Gasteiger partial charge >= 0.3 is 0 Å². The monoisotopic (exact) mass is 388 g/mol. The zero-order chi connectivity index (χ0) is 19.2. The van der Waals surface area contributed by atoms with Crippen LogP contribution in [0.1, 0.15) is 39.5 Å². The lowest BCUT2D eigenvalue weighted by Gasteiger charge is -2.33. The number of hydrogen-bond donors (Lipinski definition) is 2. The van der Waals surface area contributed by atoms with Crippen LogP contribution in [-0.4, -0.2) is 80.5 Å². The van der Waals surface area contributed by atoms with Gasteiger partial charge in [0.15, 0.2) is 0 Å². The Balaban J connectivity index is 1.83. The van der Waals surface area contributed by atoms with Crippen LogP contribution in [0, 0.1) is 5.92 Å². The highest BCUT2D eigenvalue weighted by molar-refractivity contribution is 7.89. The van der Waals surface area contributed by atoms with Crippen LogP contribution in [0.4, 0.5) is 0 Å². The third-order valence-corrected chi connectivity index (χ3v) is 7.13. The summed E-state index contributed by atoms with van der Waals surface area (Å²) in [6.07, 6.45) is 3.65. The van der Waals surface area contributed by atoms with Gasteiger partial charge in [-0.1, -0.05) is 13.8 Å². The van der Waals surface area contributed by atoms with Gasteiger partial charge in [0.25, 0.3) is 0 Å². The summed E-state index contributed by atoms with van der Waals surface area (Å²) in [6, 6.07) is -0.101. The molecule has 150 valence electrons. The standard InChI is InChI=1S/C17H32N4O4S/c1-3-21(4-2)26(24,25)13-16(22)20-10-6-7-14(12-20)11-19-17(23)15-8-5-9-18-15/h14-15,18H,3-13H2,1-2H3,(H,19,23). The van der Waals surface area contributed by atoms with Gasteiger partial charge in [0.1, 0.15) is 5.75 Å². The van der Waals surface area contributed by atoms with Crippen LogP contribution in [0.15, 0.2) is 0 Å². The molecule has 0 aromatic heterocycles. The van der Waals surface area contributed by atoms with Crippen LogP contribution >= 0.6 is 0 Å². The summed E-state index contributed by atoms with van der Waals surface area (Å²) >= 11 is 0. The normalized spacial score (nSPS) is 24.0. The Morgan fingerprint density at radius 3 is 2.54 bits per heavy atom. The highest BCUT2D eigenvalue weighted by Crippen LogP contribution is 2.17. The third kappa shape index (κ3) is 5.65. The number of carbonyl (C=O) groups is 2. The Labute approximate surface area is 156 Å². The van der Waals surface area contributed by atoms with Crippen molar-refractivity contribution >= 4 is 21.8 Å². The van der Waals surface area contributed by atoms with Crippen LogP contribution in [0.3, 0.4) is 0 Å². The SMILES string of the molecule is CCN(CC)S(=O)(=O)CC(=O)N1CCCC(CNC(=O)C2CCCN2)C1. The van der Waals surface area contributed by atoms with Crippen LogP contribution < -0.4 is 10.6 Å². The summed E-state index contributed by atoms with van der Waals surface area (Å²) in [5.74, 6) is -0.616. The predicted molar refractivity (Wildman–Crippen MR) is 100 cm³/mol. The number of carbonyl (C=O) groups excluding carboxylic acids is 2. The van der Waals surface area contributed by atoms with E-state index in [4.69, 9.17) is 0 Å². The molecule has 9 heteroatoms. The quantitative estimate of drug-likeness (QED) is 0.598. The molecule has 2 heterocycles. The Morgan fingerprint density at radius 2 is 1.92 bits per heavy atom. The van der Waals surface area contributed by atoms with E-state index in [9.17, 15) is 18.0 Å². The number of piperidine rings is 1. The van der Waals surface area contributed by atoms with Crippen LogP contribution in [0.2, 0.25) is 0 Å². The van der Waals surface area contributed by atoms with Crippen molar-refractivity contribution in [3.63, 3.8) is 0 Å². The number of nitrogens with one attached hydrogen (secondary N) is 2. The van der Waals surface area contributed by atoms with Crippen molar-refractivity contribution in [3.8, 4) is 0 Å². The minimum atomic E-state index is -3.56. The van der Waals surface area contributed by atoms with Crippen molar-refractivity contribution in [3.05, 3.63) is 0 Å². The molecule has 0 radical (unpaired) electrons. The van der Waals surface area contributed by atoms with Gasteiger partial charge in [-0.25, -0.2) is 12.7 Å². The second-order valence-corrected chi connectivity index (χ2v) is 9.05. The number of rotatable bonds is 8. The summed E-state index contributed by atoms with van der Waals surface area (Å²) in [4.78, 5) is 26.2. The third-order valence-electron chi connectivity index (χ3n) is 5.22. The average Bonchev–Trinajstić information content (AvgIpc) is 3.15. The van der Waals surface area contributed by atoms with Gasteiger partial charge in [0, 0.05) is 32.7 Å². The first-order valence-electron chi connectivity index (χ1n) is 9.64. The van der Waals surface area contributed by atoms with Crippen LogP contribution in [0.25, 0.3) is 0 Å². The predicted octanol–water partition coefficient (Wildman–Crippen LogP) is -0.235. The number of likely N-dealkylation sites (tertiary alicyclic amines) is 1. The minimum absolute atomic E-state index is 0.0232. The zero-order valence-electron chi connectivity index (χ0n) is 15.9. The molecule has 0 saturated carbocycles. The summed E-state index contributed by atoms with van der Waals surface area (Å²) in [5, 5.41) is 6.14. The van der Waals surface area contributed by atoms with Crippen molar-refractivity contribution < 1.29 is 18.0 Å². The van der Waals surface area contributed by atoms with Gasteiger partial charge < -0.3 is 15.5 Å². The first-order chi connectivity index (χ1) is 12.4. The Kier molecular flexibility index (Phi) is 7.85. The van der Waals surface area contributed by atoms with Crippen molar-refractivity contribution in [1.82, 2.24) is 19.8 Å². The molecule has 2 N–H and O–H groups in total. The van der Waals surface area contributed by atoms with E-state index in [0.29, 0.717) is 32.7 Å². The smallest absolute Gasteiger partial charge is 0.239 e. The lowest BCUT2D eigenvalue weighted by Crippen LogP contribution is -2.48. The molecule has 0 aliphatic carbocycles. The second kappa shape index (κ2) is 9.66. The van der Waals surface area contributed by atoms with Gasteiger partial charge in [0.2, 0.25) is 21.8 Å². The summed E-state index contributed by atoms with van der Waals surface area (Å²) in [5.41, 5.74) is 0. The first-order valence-corrected chi connectivity index (χ1v) is 11.2. The van der Waals surface area contributed by atoms with E-state index >= 15 is 0 Å². The molecule has 2 aliphatic rings. The fourth-order valence-electron chi connectivity index (χ4n) is 3.69. The highest BCUT2D eigenvalue weighted by Gasteiger charge is 2.30. The Hall–Kier alpha value is -1.19. The van der Waals surface area contributed by atoms with Crippen molar-refractivity contribution in [2.75, 3.05) is 45.0 Å². The van der Waals surface area contributed by atoms with Gasteiger partial charge in [-0.05, 0) is 38.1 Å². The molecule has 2 rings (SSSR count). The fraction of sp³-hybridized carbons (Fsp3) is 0.882. The summed E-state index contributed by atoms with van der Waals surface area (Å²) in [6.45, 7) is 6.78. The topological polar surface area (TPSA) is 98.8 Å². The zero-order valence-corrected chi connectivity index (χ0v) is 16.7. The van der Waals surface area contributed by atoms with Crippen molar-refractivity contribution in [1.29, 1.82) is 0 Å². The van der Waals surface area contributed by atoms with Crippen LogP contribution in [-0.2, 0) is 19.6 Å². The molecule has 0 bridgehead atoms. The molecule has 26 heavy (non-hydrogen) atoms. The van der Waals surface area contributed by atoms with E-state index in [-0.39, 0.29) is 23.8 Å². The number of nitrogens with zero attached hydrogens (tertiary/aromatic N) is 2. The summed E-state index contributed by atoms with van der Waals surface area (Å²) in [7, 11) is -3.56. The van der Waals surface area contributed by atoms with E-state index in [1.807, 2.05) is 0 Å². The fourth-order valence-corrected chi connectivity index (χ4v) is 5.15. The van der Waals surface area contributed by atoms with E-state index in [0.717, 1.165) is 32.2 Å². The molecule has 0 aromatic carbocycles. The van der Waals surface area contributed by atoms with Gasteiger partial charge in [-0.3, -0.25) is 9.59 Å². The largest absolute Gasteiger partial charge is 0.354 e. The maximum absolute atomic E-state index is 12.5. The van der Waals surface area contributed by atoms with Crippen molar-refractivity contribution in [2.24, 2.45) is 5.92 Å². The molecule has 2 atom stereocenters. The Bertz CT molecular complexity index is 586. The number of hydrogen-bond acceptors (Lipinski definition) is 5. The molecular weight excluding hydrogens is 356 g/mol. The number of sulfonamides is 1. The maximum Gasteiger partial charge on any atom is 0.239 e. The molecule has 2 fully saturated rings. The van der Waals surface area contributed by atoms with Gasteiger partial charge in [-0.2, -0.15) is 0 Å². The van der Waals surface area contributed by atoms with E-state index in [1.54, 1.807) is 18.7 Å². The van der Waals surface area contributed by atoms with Gasteiger partial charge in [-0.15, -0.1) is 0 Å². The molecule has 2 amide bonds. The maximum atomic E-state index is 12.5. The minimum Gasteiger partial charge on any atom is -0.354 e. The van der Waals surface area contributed by atoms with E-state index in [1.165, 1.54) is 4.31 Å². The lowest BCUT2D eigenvalue weighted by molar-refractivity contribution is -0.130. The molecule has 0 spiro atoms. The van der Waals surface area contributed by atoms with E-state index in [2.05, 4.69) is 10.6 Å². The molecule has 2 saturated heterocycles. The molecular formula is C17H32N4O4S. The molecule has 2 unspecified atom stereocenters. The first kappa shape index (κ1) is 21.1. The van der Waals surface area contributed by atoms with Crippen molar-refractivity contribution in [2.45, 2.75) is 45.6 Å². The Morgan fingerprint density at radius 1 is 1.19 bits per heavy atom. The lowest BCUT2D eigenvalue weighted by atomic mass is 9.98. The second-order valence-electron chi connectivity index (χ2n) is 7.08. The highest BCUT2D eigenvalue weighted by atomic mass is 32.2. The molecule has 0 aromatic rings. The van der Waals surface area contributed by atoms with Crippen LogP contribution in [0.5, 0.6) is 0 Å². The summed E-state index contributed by atoms with van der Waals surface area (Å²) < 4.78 is 25.9. The van der Waals surface area contributed by atoms with E-state index < -0.39 is 15.8 Å². The van der Waals surface area contributed by atoms with Gasteiger partial charge in [0.05, 0.1) is 6.04 Å². The molecule has 2 aliphatic heterocycles. The molecule has 8 nitrogen and oxygen atoms in total.